The van der Waals surface area contributed by atoms with E-state index in [1.54, 1.807) is 7.11 Å². The Kier molecular flexibility index (Phi) is 5.41. The van der Waals surface area contributed by atoms with Crippen LogP contribution in [0.15, 0.2) is 12.1 Å². The number of methoxy groups -OCH3 is 1. The second kappa shape index (κ2) is 6.59. The molecule has 0 spiro atoms. The van der Waals surface area contributed by atoms with Gasteiger partial charge in [0.2, 0.25) is 0 Å². The van der Waals surface area contributed by atoms with Crippen molar-refractivity contribution in [3.05, 3.63) is 28.8 Å². The molecule has 1 aromatic carbocycles. The van der Waals surface area contributed by atoms with Crippen molar-refractivity contribution in [2.45, 2.75) is 20.3 Å². The Morgan fingerprint density at radius 2 is 2.06 bits per heavy atom. The van der Waals surface area contributed by atoms with Crippen LogP contribution in [0, 0.1) is 13.8 Å². The number of aryl methyl sites for hydroxylation is 2. The fraction of sp³-hybridized carbons (Fsp3) is 0.538. The molecule has 96 valence electrons. The molecule has 0 aliphatic rings. The highest BCUT2D eigenvalue weighted by Gasteiger charge is 2.08. The van der Waals surface area contributed by atoms with E-state index in [9.17, 15) is 0 Å². The van der Waals surface area contributed by atoms with Crippen LogP contribution in [0.3, 0.4) is 0 Å². The van der Waals surface area contributed by atoms with Gasteiger partial charge in [0.1, 0.15) is 5.75 Å². The summed E-state index contributed by atoms with van der Waals surface area (Å²) in [5.41, 5.74) is 6.45. The van der Waals surface area contributed by atoms with Gasteiger partial charge in [0.25, 0.3) is 0 Å². The van der Waals surface area contributed by atoms with Gasteiger partial charge in [-0.15, -0.1) is 0 Å². The number of hydrogen-bond donors (Lipinski definition) is 2. The van der Waals surface area contributed by atoms with Crippen LogP contribution in [0.2, 0.25) is 0 Å². The minimum atomic E-state index is 0.688. The van der Waals surface area contributed by atoms with E-state index in [-0.39, 0.29) is 0 Å². The Labute approximate surface area is 104 Å². The van der Waals surface area contributed by atoms with Crippen LogP contribution < -0.4 is 16.0 Å². The maximum absolute atomic E-state index is 5.44. The molecule has 0 heterocycles. The molecule has 0 bridgehead atoms. The number of hydrazine groups is 1. The topological polar surface area (TPSA) is 50.5 Å². The van der Waals surface area contributed by atoms with Crippen LogP contribution in [-0.4, -0.2) is 32.3 Å². The van der Waals surface area contributed by atoms with Crippen molar-refractivity contribution in [1.82, 2.24) is 10.3 Å². The zero-order chi connectivity index (χ0) is 12.8. The largest absolute Gasteiger partial charge is 0.496 e. The van der Waals surface area contributed by atoms with Gasteiger partial charge >= 0.3 is 0 Å². The third kappa shape index (κ3) is 4.00. The average molecular weight is 237 g/mol. The number of ether oxygens (including phenoxy) is 1. The highest BCUT2D eigenvalue weighted by Crippen LogP contribution is 2.24. The van der Waals surface area contributed by atoms with Crippen LogP contribution in [0.4, 0.5) is 0 Å². The quantitative estimate of drug-likeness (QED) is 0.443. The Morgan fingerprint density at radius 1 is 1.35 bits per heavy atom. The van der Waals surface area contributed by atoms with Gasteiger partial charge in [-0.1, -0.05) is 6.07 Å². The molecular formula is C13H23N3O. The molecule has 0 amide bonds. The van der Waals surface area contributed by atoms with E-state index in [4.69, 9.17) is 10.6 Å². The van der Waals surface area contributed by atoms with Crippen molar-refractivity contribution < 1.29 is 4.74 Å². The Hall–Kier alpha value is -1.10. The standard InChI is InChI=1S/C13H23N3O/c1-10-7-11(2)12(13(8-10)17-4)5-6-16(3)9-15-14/h7-8,15H,5-6,9,14H2,1-4H3. The highest BCUT2D eigenvalue weighted by atomic mass is 16.5. The number of likely N-dealkylation sites (N-methyl/N-ethyl adjacent to an activating group) is 1. The van der Waals surface area contributed by atoms with E-state index < -0.39 is 0 Å². The lowest BCUT2D eigenvalue weighted by atomic mass is 10.0. The van der Waals surface area contributed by atoms with E-state index in [1.807, 2.05) is 7.05 Å². The molecule has 0 radical (unpaired) electrons. The smallest absolute Gasteiger partial charge is 0.122 e. The average Bonchev–Trinajstić information content (AvgIpc) is 2.27. The van der Waals surface area contributed by atoms with E-state index in [2.05, 4.69) is 36.3 Å². The molecule has 0 unspecified atom stereocenters. The van der Waals surface area contributed by atoms with Gasteiger partial charge in [-0.05, 0) is 50.1 Å². The minimum Gasteiger partial charge on any atom is -0.496 e. The number of nitrogens with two attached hydrogens (primary N) is 1. The molecule has 0 saturated carbocycles. The molecule has 0 saturated heterocycles. The first-order valence-corrected chi connectivity index (χ1v) is 5.84. The molecule has 4 nitrogen and oxygen atoms in total. The number of benzene rings is 1. The predicted octanol–water partition coefficient (Wildman–Crippen LogP) is 1.21. The first-order chi connectivity index (χ1) is 8.08. The van der Waals surface area contributed by atoms with Gasteiger partial charge in [-0.2, -0.15) is 0 Å². The zero-order valence-electron chi connectivity index (χ0n) is 11.2. The highest BCUT2D eigenvalue weighted by molar-refractivity contribution is 5.43. The zero-order valence-corrected chi connectivity index (χ0v) is 11.2. The summed E-state index contributed by atoms with van der Waals surface area (Å²) in [6, 6.07) is 4.28. The second-order valence-corrected chi connectivity index (χ2v) is 4.45. The fourth-order valence-electron chi connectivity index (χ4n) is 2.00. The van der Waals surface area contributed by atoms with Gasteiger partial charge in [0, 0.05) is 6.54 Å². The van der Waals surface area contributed by atoms with E-state index >= 15 is 0 Å². The summed E-state index contributed by atoms with van der Waals surface area (Å²) in [6.07, 6.45) is 0.966. The Bertz CT molecular complexity index is 366. The first-order valence-electron chi connectivity index (χ1n) is 5.84. The molecule has 0 aliphatic carbocycles. The SMILES string of the molecule is COc1cc(C)cc(C)c1CCN(C)CNN. The predicted molar refractivity (Wildman–Crippen MR) is 71.0 cm³/mol. The van der Waals surface area contributed by atoms with E-state index in [0.717, 1.165) is 18.7 Å². The van der Waals surface area contributed by atoms with Crippen molar-refractivity contribution >= 4 is 0 Å². The molecular weight excluding hydrogens is 214 g/mol. The molecule has 1 rings (SSSR count). The molecule has 0 fully saturated rings. The van der Waals surface area contributed by atoms with Crippen molar-refractivity contribution in [3.8, 4) is 5.75 Å². The summed E-state index contributed by atoms with van der Waals surface area (Å²) in [7, 11) is 3.76. The first kappa shape index (κ1) is 14.0. The summed E-state index contributed by atoms with van der Waals surface area (Å²) in [4.78, 5) is 2.14. The van der Waals surface area contributed by atoms with Crippen molar-refractivity contribution in [2.24, 2.45) is 5.84 Å². The van der Waals surface area contributed by atoms with Crippen molar-refractivity contribution in [3.63, 3.8) is 0 Å². The fourth-order valence-corrected chi connectivity index (χ4v) is 2.00. The lowest BCUT2D eigenvalue weighted by molar-refractivity contribution is 0.310. The van der Waals surface area contributed by atoms with Gasteiger partial charge in [-0.25, -0.2) is 5.43 Å². The van der Waals surface area contributed by atoms with Crippen LogP contribution >= 0.6 is 0 Å². The van der Waals surface area contributed by atoms with Gasteiger partial charge < -0.3 is 4.74 Å². The second-order valence-electron chi connectivity index (χ2n) is 4.45. The molecule has 3 N–H and O–H groups in total. The third-order valence-electron chi connectivity index (χ3n) is 2.90. The molecule has 0 atom stereocenters. The van der Waals surface area contributed by atoms with E-state index in [0.29, 0.717) is 6.67 Å². The van der Waals surface area contributed by atoms with Crippen molar-refractivity contribution in [2.75, 3.05) is 27.4 Å². The molecule has 0 aliphatic heterocycles. The third-order valence-corrected chi connectivity index (χ3v) is 2.90. The summed E-state index contributed by atoms with van der Waals surface area (Å²) in [6.45, 7) is 5.85. The minimum absolute atomic E-state index is 0.688. The summed E-state index contributed by atoms with van der Waals surface area (Å²) in [5, 5.41) is 0. The summed E-state index contributed by atoms with van der Waals surface area (Å²) in [5.74, 6) is 6.27. The number of nitrogens with one attached hydrogen (secondary N) is 1. The number of rotatable bonds is 6. The van der Waals surface area contributed by atoms with Gasteiger partial charge in [-0.3, -0.25) is 10.7 Å². The van der Waals surface area contributed by atoms with Crippen LogP contribution in [0.25, 0.3) is 0 Å². The summed E-state index contributed by atoms with van der Waals surface area (Å²) < 4.78 is 5.44. The van der Waals surface area contributed by atoms with Gasteiger partial charge in [0.05, 0.1) is 13.8 Å². The lowest BCUT2D eigenvalue weighted by Gasteiger charge is -2.18. The molecule has 0 aromatic heterocycles. The normalized spacial score (nSPS) is 10.9. The Balaban J connectivity index is 2.76. The van der Waals surface area contributed by atoms with Crippen LogP contribution in [-0.2, 0) is 6.42 Å². The van der Waals surface area contributed by atoms with Crippen LogP contribution in [0.5, 0.6) is 5.75 Å². The van der Waals surface area contributed by atoms with Crippen LogP contribution in [0.1, 0.15) is 16.7 Å². The Morgan fingerprint density at radius 3 is 2.65 bits per heavy atom. The number of nitrogens with zero attached hydrogens (tertiary/aromatic N) is 1. The lowest BCUT2D eigenvalue weighted by Crippen LogP contribution is -2.36. The maximum Gasteiger partial charge on any atom is 0.122 e. The molecule has 4 heteroatoms. The van der Waals surface area contributed by atoms with Crippen molar-refractivity contribution in [1.29, 1.82) is 0 Å². The molecule has 17 heavy (non-hydrogen) atoms. The monoisotopic (exact) mass is 237 g/mol. The van der Waals surface area contributed by atoms with Gasteiger partial charge in [0.15, 0.2) is 0 Å². The summed E-state index contributed by atoms with van der Waals surface area (Å²) >= 11 is 0. The maximum atomic E-state index is 5.44. The number of hydrogen-bond acceptors (Lipinski definition) is 4. The molecule has 1 aromatic rings. The van der Waals surface area contributed by atoms with E-state index in [1.165, 1.54) is 16.7 Å².